The van der Waals surface area contributed by atoms with Crippen LogP contribution in [0.4, 0.5) is 0 Å². The van der Waals surface area contributed by atoms with Crippen LogP contribution in [-0.4, -0.2) is 19.7 Å². The van der Waals surface area contributed by atoms with E-state index in [-0.39, 0.29) is 0 Å². The van der Waals surface area contributed by atoms with Crippen molar-refractivity contribution in [3.63, 3.8) is 0 Å². The van der Waals surface area contributed by atoms with E-state index in [4.69, 9.17) is 4.98 Å². The monoisotopic (exact) mass is 406 g/mol. The molecule has 0 fully saturated rings. The molecule has 3 aromatic heterocycles. The highest BCUT2D eigenvalue weighted by atomic mass is 32.2. The van der Waals surface area contributed by atoms with Crippen LogP contribution >= 0.6 is 34.4 Å². The molecule has 2 aromatic carbocycles. The summed E-state index contributed by atoms with van der Waals surface area (Å²) >= 11 is 5.08. The third-order valence-corrected chi connectivity index (χ3v) is 7.08. The summed E-state index contributed by atoms with van der Waals surface area (Å²) in [5.74, 6) is 1.65. The largest absolute Gasteiger partial charge is 0.269 e. The van der Waals surface area contributed by atoms with Gasteiger partial charge in [0.15, 0.2) is 11.0 Å². The summed E-state index contributed by atoms with van der Waals surface area (Å²) in [6.07, 6.45) is 0. The molecule has 3 heterocycles. The van der Waals surface area contributed by atoms with E-state index < -0.39 is 0 Å². The molecule has 7 heteroatoms. The van der Waals surface area contributed by atoms with Crippen molar-refractivity contribution in [2.45, 2.75) is 10.9 Å². The number of thiazole rings is 1. The van der Waals surface area contributed by atoms with Gasteiger partial charge < -0.3 is 0 Å². The van der Waals surface area contributed by atoms with Crippen molar-refractivity contribution in [2.75, 3.05) is 0 Å². The Kier molecular flexibility index (Phi) is 4.49. The minimum absolute atomic E-state index is 0.773. The van der Waals surface area contributed by atoms with Crippen molar-refractivity contribution in [3.05, 3.63) is 77.1 Å². The first-order valence-electron chi connectivity index (χ1n) is 8.40. The Labute approximate surface area is 168 Å². The van der Waals surface area contributed by atoms with Gasteiger partial charge in [0.1, 0.15) is 5.01 Å². The second kappa shape index (κ2) is 7.26. The highest BCUT2D eigenvalue weighted by Gasteiger charge is 2.17. The van der Waals surface area contributed by atoms with Crippen LogP contribution in [0.15, 0.2) is 77.3 Å². The van der Waals surface area contributed by atoms with Gasteiger partial charge in [-0.3, -0.25) is 4.57 Å². The van der Waals surface area contributed by atoms with E-state index in [0.29, 0.717) is 0 Å². The molecule has 27 heavy (non-hydrogen) atoms. The summed E-state index contributed by atoms with van der Waals surface area (Å²) in [6, 6.07) is 22.6. The molecule has 0 bridgehead atoms. The van der Waals surface area contributed by atoms with Crippen LogP contribution in [-0.2, 0) is 5.75 Å². The molecule has 0 atom stereocenters. The Bertz CT molecular complexity index is 1140. The van der Waals surface area contributed by atoms with Gasteiger partial charge in [0.05, 0.1) is 20.8 Å². The molecule has 0 aliphatic carbocycles. The molecule has 0 aliphatic rings. The third-order valence-electron chi connectivity index (χ3n) is 4.05. The first-order chi connectivity index (χ1) is 13.4. The number of nitrogens with zero attached hydrogens (tertiary/aromatic N) is 4. The summed E-state index contributed by atoms with van der Waals surface area (Å²) in [5, 5.41) is 13.0. The zero-order valence-corrected chi connectivity index (χ0v) is 16.6. The van der Waals surface area contributed by atoms with Crippen molar-refractivity contribution in [3.8, 4) is 16.4 Å². The molecule has 0 spiro atoms. The Hall–Kier alpha value is -2.48. The van der Waals surface area contributed by atoms with Crippen molar-refractivity contribution >= 4 is 44.7 Å². The van der Waals surface area contributed by atoms with Crippen LogP contribution in [0.25, 0.3) is 26.6 Å². The van der Waals surface area contributed by atoms with E-state index in [2.05, 4.69) is 56.5 Å². The number of thioether (sulfide) groups is 1. The van der Waals surface area contributed by atoms with Crippen LogP contribution in [0.5, 0.6) is 0 Å². The van der Waals surface area contributed by atoms with Gasteiger partial charge in [-0.1, -0.05) is 48.2 Å². The van der Waals surface area contributed by atoms with Crippen LogP contribution < -0.4 is 0 Å². The van der Waals surface area contributed by atoms with Gasteiger partial charge in [0.2, 0.25) is 0 Å². The van der Waals surface area contributed by atoms with Gasteiger partial charge >= 0.3 is 0 Å². The minimum atomic E-state index is 0.773. The van der Waals surface area contributed by atoms with E-state index >= 15 is 0 Å². The summed E-state index contributed by atoms with van der Waals surface area (Å²) < 4.78 is 3.35. The smallest absolute Gasteiger partial charge is 0.196 e. The number of hydrogen-bond donors (Lipinski definition) is 0. The number of rotatable bonds is 5. The fourth-order valence-electron chi connectivity index (χ4n) is 2.85. The maximum atomic E-state index is 4.73. The fraction of sp³-hybridized carbons (Fsp3) is 0.0500. The molecule has 4 nitrogen and oxygen atoms in total. The average molecular weight is 407 g/mol. The molecule has 0 saturated heterocycles. The Morgan fingerprint density at radius 1 is 0.889 bits per heavy atom. The number of benzene rings is 2. The second-order valence-electron chi connectivity index (χ2n) is 5.82. The molecular weight excluding hydrogens is 392 g/mol. The summed E-state index contributed by atoms with van der Waals surface area (Å²) in [6.45, 7) is 0. The molecule has 5 aromatic rings. The van der Waals surface area contributed by atoms with Crippen molar-refractivity contribution in [1.82, 2.24) is 19.7 Å². The number of hydrogen-bond acceptors (Lipinski definition) is 6. The van der Waals surface area contributed by atoms with Gasteiger partial charge in [-0.05, 0) is 35.7 Å². The zero-order valence-electron chi connectivity index (χ0n) is 14.1. The molecule has 0 N–H and O–H groups in total. The number of aromatic nitrogens is 4. The number of para-hydroxylation sites is 2. The topological polar surface area (TPSA) is 43.6 Å². The van der Waals surface area contributed by atoms with Crippen molar-refractivity contribution < 1.29 is 0 Å². The van der Waals surface area contributed by atoms with E-state index in [1.165, 1.54) is 4.70 Å². The van der Waals surface area contributed by atoms with Crippen LogP contribution in [0, 0.1) is 0 Å². The lowest BCUT2D eigenvalue weighted by molar-refractivity contribution is 0.886. The van der Waals surface area contributed by atoms with Gasteiger partial charge in [-0.25, -0.2) is 4.98 Å². The lowest BCUT2D eigenvalue weighted by Crippen LogP contribution is -1.98. The lowest BCUT2D eigenvalue weighted by Gasteiger charge is -2.08. The van der Waals surface area contributed by atoms with Crippen LogP contribution in [0.3, 0.4) is 0 Å². The maximum absolute atomic E-state index is 4.73. The SMILES string of the molecule is c1ccc(-n2c(SCc3nc4ccccc4s3)nnc2-c2cccs2)cc1. The highest BCUT2D eigenvalue weighted by molar-refractivity contribution is 7.98. The summed E-state index contributed by atoms with van der Waals surface area (Å²) in [5.41, 5.74) is 2.12. The summed E-state index contributed by atoms with van der Waals surface area (Å²) in [7, 11) is 0. The maximum Gasteiger partial charge on any atom is 0.196 e. The molecule has 0 unspecified atom stereocenters. The van der Waals surface area contributed by atoms with E-state index in [1.54, 1.807) is 34.4 Å². The van der Waals surface area contributed by atoms with Crippen molar-refractivity contribution in [2.24, 2.45) is 0 Å². The number of thiophene rings is 1. The van der Waals surface area contributed by atoms with Gasteiger partial charge in [0.25, 0.3) is 0 Å². The molecular formula is C20H14N4S3. The summed E-state index contributed by atoms with van der Waals surface area (Å²) in [4.78, 5) is 5.84. The minimum Gasteiger partial charge on any atom is -0.269 e. The lowest BCUT2D eigenvalue weighted by atomic mass is 10.3. The molecule has 5 rings (SSSR count). The first-order valence-corrected chi connectivity index (χ1v) is 11.1. The Morgan fingerprint density at radius 3 is 2.56 bits per heavy atom. The standard InChI is InChI=1S/C20H14N4S3/c1-2-7-14(8-3-1)24-19(17-11-6-12-25-17)22-23-20(24)26-13-18-21-15-9-4-5-10-16(15)27-18/h1-12H,13H2. The van der Waals surface area contributed by atoms with E-state index in [9.17, 15) is 0 Å². The first kappa shape index (κ1) is 16.7. The number of fused-ring (bicyclic) bond motifs is 1. The fourth-order valence-corrected chi connectivity index (χ4v) is 5.46. The average Bonchev–Trinajstić information content (AvgIpc) is 3.45. The quantitative estimate of drug-likeness (QED) is 0.341. The molecule has 0 aliphatic heterocycles. The van der Waals surface area contributed by atoms with Crippen molar-refractivity contribution in [1.29, 1.82) is 0 Å². The molecule has 0 radical (unpaired) electrons. The zero-order chi connectivity index (χ0) is 18.1. The van der Waals surface area contributed by atoms with E-state index in [1.807, 2.05) is 30.3 Å². The molecule has 132 valence electrons. The molecule has 0 saturated carbocycles. The third kappa shape index (κ3) is 3.29. The highest BCUT2D eigenvalue weighted by Crippen LogP contribution is 2.33. The predicted molar refractivity (Wildman–Crippen MR) is 114 cm³/mol. The Balaban J connectivity index is 1.50. The van der Waals surface area contributed by atoms with Crippen LogP contribution in [0.2, 0.25) is 0 Å². The van der Waals surface area contributed by atoms with Crippen LogP contribution in [0.1, 0.15) is 5.01 Å². The van der Waals surface area contributed by atoms with Gasteiger partial charge in [-0.15, -0.1) is 32.9 Å². The Morgan fingerprint density at radius 2 is 1.74 bits per heavy atom. The predicted octanol–water partition coefficient (Wildman–Crippen LogP) is 5.90. The van der Waals surface area contributed by atoms with Gasteiger partial charge in [-0.2, -0.15) is 0 Å². The molecule has 0 amide bonds. The van der Waals surface area contributed by atoms with E-state index in [0.717, 1.165) is 37.8 Å². The normalized spacial score (nSPS) is 11.3. The second-order valence-corrected chi connectivity index (χ2v) is 8.82. The van der Waals surface area contributed by atoms with Gasteiger partial charge in [0, 0.05) is 5.69 Å².